The van der Waals surface area contributed by atoms with E-state index < -0.39 is 29.7 Å². The molecule has 0 bridgehead atoms. The number of hydrogen-bond donors (Lipinski definition) is 1. The van der Waals surface area contributed by atoms with Crippen molar-refractivity contribution in [1.29, 1.82) is 0 Å². The van der Waals surface area contributed by atoms with Gasteiger partial charge in [-0.15, -0.1) is 0 Å². The van der Waals surface area contributed by atoms with Gasteiger partial charge in [-0.25, -0.2) is 8.91 Å². The molecule has 1 aromatic carbocycles. The van der Waals surface area contributed by atoms with Crippen molar-refractivity contribution in [1.82, 2.24) is 19.6 Å². The number of benzene rings is 1. The quantitative estimate of drug-likeness (QED) is 0.327. The van der Waals surface area contributed by atoms with Gasteiger partial charge in [0.25, 0.3) is 0 Å². The summed E-state index contributed by atoms with van der Waals surface area (Å²) in [7, 11) is 0. The van der Waals surface area contributed by atoms with Crippen LogP contribution in [0.3, 0.4) is 0 Å². The van der Waals surface area contributed by atoms with Crippen molar-refractivity contribution in [3.63, 3.8) is 0 Å². The minimum absolute atomic E-state index is 0.0413. The van der Waals surface area contributed by atoms with Gasteiger partial charge in [-0.05, 0) is 45.9 Å². The summed E-state index contributed by atoms with van der Waals surface area (Å²) in [4.78, 5) is 31.2. The molecule has 0 radical (unpaired) electrons. The number of esters is 1. The van der Waals surface area contributed by atoms with Crippen molar-refractivity contribution in [2.75, 3.05) is 6.61 Å². The zero-order chi connectivity index (χ0) is 26.1. The Morgan fingerprint density at radius 3 is 2.61 bits per heavy atom. The van der Waals surface area contributed by atoms with Crippen LogP contribution in [0.25, 0.3) is 16.4 Å². The van der Waals surface area contributed by atoms with E-state index in [1.54, 1.807) is 45.2 Å². The number of H-pyrrole nitrogens is 1. The molecule has 0 saturated carbocycles. The summed E-state index contributed by atoms with van der Waals surface area (Å²) in [6.07, 6.45) is 2.42. The maximum Gasteiger partial charge on any atom is 0.309 e. The molecule has 4 aromatic rings. The van der Waals surface area contributed by atoms with E-state index in [0.717, 1.165) is 5.69 Å². The third-order valence-electron chi connectivity index (χ3n) is 6.34. The zero-order valence-electron chi connectivity index (χ0n) is 21.1. The molecular weight excluding hydrogens is 467 g/mol. The number of carbonyl (C=O) groups is 2. The Morgan fingerprint density at radius 2 is 1.89 bits per heavy atom. The number of rotatable bonds is 9. The summed E-state index contributed by atoms with van der Waals surface area (Å²) in [5.41, 5.74) is 2.73. The first-order valence-electron chi connectivity index (χ1n) is 11.7. The Balaban J connectivity index is 1.50. The standard InChI is InChI=1S/C26H29FN4O5/c1-13-9-19-20(30-13)7-8-21(23(19)27)36-25-24-17(5)22(10-31(24)29-12-28-25)34-11-14(2)35-26(33)16(4)15(3)18(6)32/h7-10,12,14-16,30H,11H2,1-6H3/t14-,15?,16?/m1/s1. The number of halogens is 1. The minimum atomic E-state index is -0.548. The summed E-state index contributed by atoms with van der Waals surface area (Å²) in [5.74, 6) is -1.27. The summed E-state index contributed by atoms with van der Waals surface area (Å²) in [6.45, 7) is 10.3. The van der Waals surface area contributed by atoms with Crippen molar-refractivity contribution in [3.8, 4) is 17.4 Å². The second-order valence-corrected chi connectivity index (χ2v) is 9.12. The van der Waals surface area contributed by atoms with Gasteiger partial charge in [-0.3, -0.25) is 9.59 Å². The number of hydrogen-bond acceptors (Lipinski definition) is 7. The van der Waals surface area contributed by atoms with Crippen molar-refractivity contribution >= 4 is 28.2 Å². The Kier molecular flexibility index (Phi) is 6.96. The van der Waals surface area contributed by atoms with Crippen molar-refractivity contribution in [2.45, 2.75) is 47.6 Å². The van der Waals surface area contributed by atoms with E-state index in [1.807, 2.05) is 13.8 Å². The van der Waals surface area contributed by atoms with Crippen LogP contribution in [0.4, 0.5) is 4.39 Å². The molecule has 0 amide bonds. The van der Waals surface area contributed by atoms with Crippen LogP contribution in [0.2, 0.25) is 0 Å². The lowest BCUT2D eigenvalue weighted by molar-refractivity contribution is -0.157. The summed E-state index contributed by atoms with van der Waals surface area (Å²) >= 11 is 0. The number of fused-ring (bicyclic) bond motifs is 2. The molecule has 4 rings (SSSR count). The van der Waals surface area contributed by atoms with Gasteiger partial charge < -0.3 is 19.2 Å². The van der Waals surface area contributed by atoms with Crippen LogP contribution in [0, 0.1) is 31.5 Å². The van der Waals surface area contributed by atoms with Crippen LogP contribution in [0.5, 0.6) is 17.4 Å². The van der Waals surface area contributed by atoms with E-state index in [4.69, 9.17) is 14.2 Å². The molecule has 9 nitrogen and oxygen atoms in total. The molecule has 0 spiro atoms. The fraction of sp³-hybridized carbons (Fsp3) is 0.385. The van der Waals surface area contributed by atoms with Gasteiger partial charge in [0.15, 0.2) is 11.6 Å². The molecule has 36 heavy (non-hydrogen) atoms. The molecule has 3 atom stereocenters. The van der Waals surface area contributed by atoms with Gasteiger partial charge in [0.2, 0.25) is 5.88 Å². The summed E-state index contributed by atoms with van der Waals surface area (Å²) in [5, 5.41) is 4.64. The fourth-order valence-corrected chi connectivity index (χ4v) is 3.90. The normalized spacial score (nSPS) is 14.0. The molecular formula is C26H29FN4O5. The summed E-state index contributed by atoms with van der Waals surface area (Å²) in [6, 6.07) is 5.02. The van der Waals surface area contributed by atoms with Crippen molar-refractivity contribution in [3.05, 3.63) is 47.8 Å². The molecule has 2 unspecified atom stereocenters. The molecule has 3 heterocycles. The van der Waals surface area contributed by atoms with Gasteiger partial charge in [-0.1, -0.05) is 13.8 Å². The zero-order valence-corrected chi connectivity index (χ0v) is 21.1. The van der Waals surface area contributed by atoms with Crippen LogP contribution < -0.4 is 9.47 Å². The molecule has 3 aromatic heterocycles. The number of aromatic nitrogens is 4. The first kappa shape index (κ1) is 25.2. The number of ketones is 1. The van der Waals surface area contributed by atoms with Crippen molar-refractivity contribution < 1.29 is 28.2 Å². The molecule has 1 N–H and O–H groups in total. The highest BCUT2D eigenvalue weighted by Gasteiger charge is 2.26. The largest absolute Gasteiger partial charge is 0.488 e. The second-order valence-electron chi connectivity index (χ2n) is 9.12. The predicted molar refractivity (Wildman–Crippen MR) is 131 cm³/mol. The number of ether oxygens (including phenoxy) is 3. The van der Waals surface area contributed by atoms with Crippen LogP contribution >= 0.6 is 0 Å². The summed E-state index contributed by atoms with van der Waals surface area (Å²) < 4.78 is 33.8. The van der Waals surface area contributed by atoms with Gasteiger partial charge >= 0.3 is 5.97 Å². The van der Waals surface area contributed by atoms with Crippen LogP contribution in [-0.4, -0.2) is 44.0 Å². The fourth-order valence-electron chi connectivity index (χ4n) is 3.90. The van der Waals surface area contributed by atoms with Gasteiger partial charge in [0, 0.05) is 28.1 Å². The molecule has 0 aliphatic carbocycles. The maximum atomic E-state index is 15.1. The van der Waals surface area contributed by atoms with E-state index in [1.165, 1.54) is 17.8 Å². The molecule has 0 aliphatic heterocycles. The number of nitrogens with zero attached hydrogens (tertiary/aromatic N) is 3. The van der Waals surface area contributed by atoms with Gasteiger partial charge in [0.05, 0.1) is 12.1 Å². The van der Waals surface area contributed by atoms with Crippen LogP contribution in [0.1, 0.15) is 39.0 Å². The topological polar surface area (TPSA) is 108 Å². The molecule has 190 valence electrons. The van der Waals surface area contributed by atoms with E-state index >= 15 is 4.39 Å². The predicted octanol–water partition coefficient (Wildman–Crippen LogP) is 4.93. The Labute approximate surface area is 207 Å². The van der Waals surface area contributed by atoms with E-state index in [9.17, 15) is 9.59 Å². The third-order valence-corrected chi connectivity index (χ3v) is 6.34. The molecule has 0 aliphatic rings. The smallest absolute Gasteiger partial charge is 0.309 e. The highest BCUT2D eigenvalue weighted by molar-refractivity contribution is 5.85. The molecule has 0 saturated heterocycles. The SMILES string of the molecule is CC(=O)C(C)C(C)C(=O)O[C@H](C)COc1cn2ncnc(Oc3ccc4[nH]c(C)cc4c3F)c2c1C. The van der Waals surface area contributed by atoms with E-state index in [2.05, 4.69) is 15.1 Å². The van der Waals surface area contributed by atoms with Crippen LogP contribution in [0.15, 0.2) is 30.7 Å². The molecule has 0 fully saturated rings. The van der Waals surface area contributed by atoms with E-state index in [-0.39, 0.29) is 24.0 Å². The maximum absolute atomic E-state index is 15.1. The minimum Gasteiger partial charge on any atom is -0.488 e. The number of Topliss-reactive ketones (excluding diaryl/α,β-unsaturated/α-hetero) is 1. The lowest BCUT2D eigenvalue weighted by Gasteiger charge is -2.20. The monoisotopic (exact) mass is 496 g/mol. The number of nitrogens with one attached hydrogen (secondary N) is 1. The highest BCUT2D eigenvalue weighted by Crippen LogP contribution is 2.34. The Morgan fingerprint density at radius 1 is 1.14 bits per heavy atom. The van der Waals surface area contributed by atoms with Crippen molar-refractivity contribution in [2.24, 2.45) is 11.8 Å². The lowest BCUT2D eigenvalue weighted by Crippen LogP contribution is -2.30. The average Bonchev–Trinajstić information content (AvgIpc) is 3.38. The van der Waals surface area contributed by atoms with Crippen LogP contribution in [-0.2, 0) is 14.3 Å². The average molecular weight is 497 g/mol. The second kappa shape index (κ2) is 9.96. The molecule has 10 heteroatoms. The van der Waals surface area contributed by atoms with E-state index in [0.29, 0.717) is 27.7 Å². The Bertz CT molecular complexity index is 1440. The number of aryl methyl sites for hydroxylation is 2. The first-order valence-corrected chi connectivity index (χ1v) is 11.7. The lowest BCUT2D eigenvalue weighted by atomic mass is 9.93. The first-order chi connectivity index (χ1) is 17.1. The van der Waals surface area contributed by atoms with Gasteiger partial charge in [-0.2, -0.15) is 10.1 Å². The Hall–Kier alpha value is -3.95. The number of aromatic amines is 1. The number of carbonyl (C=O) groups excluding carboxylic acids is 2. The van der Waals surface area contributed by atoms with Gasteiger partial charge in [0.1, 0.15) is 36.1 Å². The third kappa shape index (κ3) is 4.89. The highest BCUT2D eigenvalue weighted by atomic mass is 19.1.